The van der Waals surface area contributed by atoms with E-state index in [0.717, 1.165) is 4.31 Å². The summed E-state index contributed by atoms with van der Waals surface area (Å²) >= 11 is 6.36. The zero-order valence-electron chi connectivity index (χ0n) is 21.5. The molecule has 3 aromatic rings. The highest BCUT2D eigenvalue weighted by molar-refractivity contribution is 7.92. The second-order valence-corrected chi connectivity index (χ2v) is 10.8. The smallest absolute Gasteiger partial charge is 0.269 e. The number of hydrogen-bond donors (Lipinski definition) is 1. The van der Waals surface area contributed by atoms with Crippen LogP contribution in [0, 0.1) is 10.1 Å². The predicted molar refractivity (Wildman–Crippen MR) is 149 cm³/mol. The number of anilines is 1. The largest absolute Gasteiger partial charge is 0.355 e. The number of nitro groups is 1. The lowest BCUT2D eigenvalue weighted by Crippen LogP contribution is -2.52. The Kier molecular flexibility index (Phi) is 10.0. The molecule has 0 heterocycles. The van der Waals surface area contributed by atoms with Gasteiger partial charge in [0.2, 0.25) is 11.8 Å². The summed E-state index contributed by atoms with van der Waals surface area (Å²) in [7, 11) is -4.27. The molecule has 1 atom stereocenters. The Morgan fingerprint density at radius 1 is 0.974 bits per heavy atom. The highest BCUT2D eigenvalue weighted by atomic mass is 35.5. The summed E-state index contributed by atoms with van der Waals surface area (Å²) in [5.74, 6) is -1.03. The third kappa shape index (κ3) is 7.12. The average molecular weight is 573 g/mol. The van der Waals surface area contributed by atoms with Gasteiger partial charge in [-0.15, -0.1) is 0 Å². The highest BCUT2D eigenvalue weighted by Crippen LogP contribution is 2.27. The van der Waals surface area contributed by atoms with E-state index < -0.39 is 33.4 Å². The van der Waals surface area contributed by atoms with Crippen molar-refractivity contribution in [2.24, 2.45) is 0 Å². The predicted octanol–water partition coefficient (Wildman–Crippen LogP) is 4.39. The number of nitrogens with zero attached hydrogens (tertiary/aromatic N) is 3. The van der Waals surface area contributed by atoms with E-state index in [0.29, 0.717) is 17.1 Å². The Morgan fingerprint density at radius 2 is 1.59 bits per heavy atom. The Balaban J connectivity index is 2.08. The summed E-state index contributed by atoms with van der Waals surface area (Å²) < 4.78 is 28.3. The Labute approximate surface area is 232 Å². The molecular formula is C27H29ClN4O6S. The number of halogens is 1. The van der Waals surface area contributed by atoms with Gasteiger partial charge in [0.15, 0.2) is 0 Å². The van der Waals surface area contributed by atoms with E-state index in [4.69, 9.17) is 11.6 Å². The molecule has 0 saturated carbocycles. The molecule has 0 aromatic heterocycles. The van der Waals surface area contributed by atoms with Crippen LogP contribution in [0.5, 0.6) is 0 Å². The third-order valence-electron chi connectivity index (χ3n) is 5.99. The topological polar surface area (TPSA) is 130 Å². The first-order valence-electron chi connectivity index (χ1n) is 12.2. The first-order chi connectivity index (χ1) is 18.6. The van der Waals surface area contributed by atoms with Crippen LogP contribution in [0.1, 0.15) is 25.8 Å². The minimum absolute atomic E-state index is 0.0341. The van der Waals surface area contributed by atoms with Crippen LogP contribution in [0.2, 0.25) is 5.02 Å². The van der Waals surface area contributed by atoms with Crippen LogP contribution in [0.15, 0.2) is 83.8 Å². The van der Waals surface area contributed by atoms with Crippen LogP contribution >= 0.6 is 11.6 Å². The summed E-state index contributed by atoms with van der Waals surface area (Å²) in [4.78, 5) is 38.6. The molecule has 0 aliphatic rings. The SMILES string of the molecule is CCNC(=O)C(CC)N(Cc1ccccc1Cl)C(=O)CN(c1ccc([N+](=O)[O-])cc1)S(=O)(=O)c1ccccc1. The lowest BCUT2D eigenvalue weighted by molar-refractivity contribution is -0.384. The van der Waals surface area contributed by atoms with Crippen LogP contribution in [-0.4, -0.2) is 49.2 Å². The molecule has 1 unspecified atom stereocenters. The van der Waals surface area contributed by atoms with Crippen LogP contribution in [0.3, 0.4) is 0 Å². The van der Waals surface area contributed by atoms with Gasteiger partial charge in [0.25, 0.3) is 15.7 Å². The van der Waals surface area contributed by atoms with Gasteiger partial charge in [-0.3, -0.25) is 24.0 Å². The summed E-state index contributed by atoms with van der Waals surface area (Å²) in [5.41, 5.74) is 0.411. The molecular weight excluding hydrogens is 544 g/mol. The fourth-order valence-electron chi connectivity index (χ4n) is 4.01. The van der Waals surface area contributed by atoms with Crippen LogP contribution in [-0.2, 0) is 26.2 Å². The molecule has 0 fully saturated rings. The molecule has 3 rings (SSSR count). The standard InChI is InChI=1S/C27H29ClN4O6S/c1-3-25(27(34)29-4-2)30(18-20-10-8-9-13-24(20)28)26(33)19-31(21-14-16-22(17-15-21)32(35)36)39(37,38)23-11-6-5-7-12-23/h5-17,25H,3-4,18-19H2,1-2H3,(H,29,34). The van der Waals surface area contributed by atoms with Crippen molar-refractivity contribution in [3.63, 3.8) is 0 Å². The molecule has 0 aliphatic carbocycles. The van der Waals surface area contributed by atoms with Gasteiger partial charge < -0.3 is 10.2 Å². The molecule has 3 aromatic carbocycles. The van der Waals surface area contributed by atoms with Crippen molar-refractivity contribution in [2.75, 3.05) is 17.4 Å². The van der Waals surface area contributed by atoms with E-state index in [1.807, 2.05) is 0 Å². The maximum atomic E-state index is 13.9. The van der Waals surface area contributed by atoms with Crippen molar-refractivity contribution in [1.29, 1.82) is 0 Å². The van der Waals surface area contributed by atoms with Crippen molar-refractivity contribution in [3.05, 3.63) is 99.6 Å². The van der Waals surface area contributed by atoms with Gasteiger partial charge in [0.05, 0.1) is 15.5 Å². The first-order valence-corrected chi connectivity index (χ1v) is 14.0. The maximum Gasteiger partial charge on any atom is 0.269 e. The molecule has 0 bridgehead atoms. The highest BCUT2D eigenvalue weighted by Gasteiger charge is 2.34. The number of non-ortho nitro benzene ring substituents is 1. The van der Waals surface area contributed by atoms with Crippen molar-refractivity contribution in [3.8, 4) is 0 Å². The number of benzene rings is 3. The lowest BCUT2D eigenvalue weighted by Gasteiger charge is -2.33. The van der Waals surface area contributed by atoms with Crippen molar-refractivity contribution < 1.29 is 22.9 Å². The second-order valence-electron chi connectivity index (χ2n) is 8.53. The van der Waals surface area contributed by atoms with Gasteiger partial charge in [-0.1, -0.05) is 54.9 Å². The molecule has 0 radical (unpaired) electrons. The van der Waals surface area contributed by atoms with E-state index in [1.54, 1.807) is 56.3 Å². The number of sulfonamides is 1. The van der Waals surface area contributed by atoms with Crippen LogP contribution in [0.4, 0.5) is 11.4 Å². The Morgan fingerprint density at radius 3 is 2.15 bits per heavy atom. The Hall–Kier alpha value is -3.96. The van der Waals surface area contributed by atoms with Gasteiger partial charge >= 0.3 is 0 Å². The van der Waals surface area contributed by atoms with Crippen molar-refractivity contribution in [1.82, 2.24) is 10.2 Å². The number of likely N-dealkylation sites (N-methyl/N-ethyl adjacent to an activating group) is 1. The number of nitrogens with one attached hydrogen (secondary N) is 1. The zero-order chi connectivity index (χ0) is 28.6. The summed E-state index contributed by atoms with van der Waals surface area (Å²) in [6.45, 7) is 3.17. The fourth-order valence-corrected chi connectivity index (χ4v) is 5.64. The molecule has 39 heavy (non-hydrogen) atoms. The molecule has 2 amide bonds. The monoisotopic (exact) mass is 572 g/mol. The van der Waals surface area contributed by atoms with Gasteiger partial charge in [0.1, 0.15) is 12.6 Å². The number of carbonyl (C=O) groups is 2. The van der Waals surface area contributed by atoms with Crippen LogP contribution in [0.25, 0.3) is 0 Å². The first kappa shape index (κ1) is 29.6. The summed E-state index contributed by atoms with van der Waals surface area (Å²) in [6.07, 6.45) is 0.269. The molecule has 12 heteroatoms. The second kappa shape index (κ2) is 13.2. The number of nitro benzene ring substituents is 1. The van der Waals surface area contributed by atoms with Gasteiger partial charge in [-0.05, 0) is 49.2 Å². The quantitative estimate of drug-likeness (QED) is 0.253. The molecule has 10 nitrogen and oxygen atoms in total. The van der Waals surface area contributed by atoms with E-state index >= 15 is 0 Å². The zero-order valence-corrected chi connectivity index (χ0v) is 23.1. The van der Waals surface area contributed by atoms with Gasteiger partial charge in [-0.2, -0.15) is 0 Å². The van der Waals surface area contributed by atoms with Crippen molar-refractivity contribution >= 4 is 44.8 Å². The summed E-state index contributed by atoms with van der Waals surface area (Å²) in [5, 5.41) is 14.3. The molecule has 0 spiro atoms. The number of amides is 2. The minimum atomic E-state index is -4.27. The minimum Gasteiger partial charge on any atom is -0.355 e. The molecule has 0 aliphatic heterocycles. The molecule has 1 N–H and O–H groups in total. The lowest BCUT2D eigenvalue weighted by atomic mass is 10.1. The molecule has 0 saturated heterocycles. The van der Waals surface area contributed by atoms with Gasteiger partial charge in [-0.25, -0.2) is 8.42 Å². The molecule has 206 valence electrons. The van der Waals surface area contributed by atoms with E-state index in [1.165, 1.54) is 41.3 Å². The van der Waals surface area contributed by atoms with Crippen molar-refractivity contribution in [2.45, 2.75) is 37.8 Å². The fraction of sp³-hybridized carbons (Fsp3) is 0.259. The number of rotatable bonds is 12. The number of carbonyl (C=O) groups excluding carboxylic acids is 2. The Bertz CT molecular complexity index is 1420. The number of hydrogen-bond acceptors (Lipinski definition) is 6. The van der Waals surface area contributed by atoms with Crippen LogP contribution < -0.4 is 9.62 Å². The summed E-state index contributed by atoms with van der Waals surface area (Å²) in [6, 6.07) is 18.4. The maximum absolute atomic E-state index is 13.9. The van der Waals surface area contributed by atoms with E-state index in [-0.39, 0.29) is 35.1 Å². The normalized spacial score (nSPS) is 11.9. The van der Waals surface area contributed by atoms with E-state index in [9.17, 15) is 28.1 Å². The third-order valence-corrected chi connectivity index (χ3v) is 8.15. The average Bonchev–Trinajstić information content (AvgIpc) is 2.93. The van der Waals surface area contributed by atoms with Gasteiger partial charge in [0, 0.05) is 30.2 Å². The van der Waals surface area contributed by atoms with E-state index in [2.05, 4.69) is 5.32 Å².